The van der Waals surface area contributed by atoms with Crippen LogP contribution < -0.4 is 24.8 Å². The number of nitrogens with zero attached hydrogens (tertiary/aromatic N) is 1. The van der Waals surface area contributed by atoms with Gasteiger partial charge in [0.1, 0.15) is 17.2 Å². The van der Waals surface area contributed by atoms with Gasteiger partial charge in [-0.25, -0.2) is 0 Å². The van der Waals surface area contributed by atoms with Crippen LogP contribution in [0.15, 0.2) is 42.5 Å². The summed E-state index contributed by atoms with van der Waals surface area (Å²) in [6.45, 7) is 0.936. The van der Waals surface area contributed by atoms with Crippen molar-refractivity contribution in [1.82, 2.24) is 15.5 Å². The maximum Gasteiger partial charge on any atom is 0.254 e. The summed E-state index contributed by atoms with van der Waals surface area (Å²) in [6.07, 6.45) is 5.06. The first-order chi connectivity index (χ1) is 18.4. The zero-order chi connectivity index (χ0) is 27.1. The molecule has 3 atom stereocenters. The van der Waals surface area contributed by atoms with Gasteiger partial charge in [0.05, 0.1) is 27.2 Å². The molecule has 2 aliphatic rings. The summed E-state index contributed by atoms with van der Waals surface area (Å²) in [7, 11) is 4.67. The highest BCUT2D eigenvalue weighted by atomic mass is 16.5. The van der Waals surface area contributed by atoms with Crippen molar-refractivity contribution in [2.24, 2.45) is 5.92 Å². The highest BCUT2D eigenvalue weighted by Crippen LogP contribution is 2.26. The fourth-order valence-electron chi connectivity index (χ4n) is 5.26. The van der Waals surface area contributed by atoms with E-state index in [1.165, 1.54) is 0 Å². The maximum absolute atomic E-state index is 13.3. The Morgan fingerprint density at radius 1 is 0.737 bits per heavy atom. The van der Waals surface area contributed by atoms with E-state index >= 15 is 0 Å². The van der Waals surface area contributed by atoms with Crippen molar-refractivity contribution in [3.05, 3.63) is 53.6 Å². The fraction of sp³-hybridized carbons (Fsp3) is 0.483. The highest BCUT2D eigenvalue weighted by Gasteiger charge is 2.33. The van der Waals surface area contributed by atoms with E-state index in [2.05, 4.69) is 10.6 Å². The van der Waals surface area contributed by atoms with Crippen LogP contribution in [0.2, 0.25) is 0 Å². The minimum absolute atomic E-state index is 0.0682. The number of likely N-dealkylation sites (tertiary alicyclic amines) is 1. The van der Waals surface area contributed by atoms with Crippen LogP contribution in [0.25, 0.3) is 0 Å². The maximum atomic E-state index is 13.3. The van der Waals surface area contributed by atoms with Gasteiger partial charge >= 0.3 is 0 Å². The zero-order valence-electron chi connectivity index (χ0n) is 22.3. The van der Waals surface area contributed by atoms with Gasteiger partial charge in [-0.2, -0.15) is 0 Å². The van der Waals surface area contributed by atoms with Crippen LogP contribution in [0, 0.1) is 5.92 Å². The Hall–Kier alpha value is -3.75. The third-order valence-electron chi connectivity index (χ3n) is 7.44. The van der Waals surface area contributed by atoms with Crippen molar-refractivity contribution in [1.29, 1.82) is 0 Å². The number of carbonyl (C=O) groups is 3. The van der Waals surface area contributed by atoms with E-state index in [4.69, 9.17) is 14.2 Å². The van der Waals surface area contributed by atoms with Crippen LogP contribution in [0.1, 0.15) is 59.2 Å². The lowest BCUT2D eigenvalue weighted by Crippen LogP contribution is -2.55. The van der Waals surface area contributed by atoms with Crippen LogP contribution in [0.4, 0.5) is 0 Å². The third-order valence-corrected chi connectivity index (χ3v) is 7.44. The number of amides is 3. The van der Waals surface area contributed by atoms with Gasteiger partial charge in [0.2, 0.25) is 5.91 Å². The molecule has 2 fully saturated rings. The number of benzene rings is 2. The van der Waals surface area contributed by atoms with Gasteiger partial charge in [-0.05, 0) is 62.1 Å². The second kappa shape index (κ2) is 12.7. The van der Waals surface area contributed by atoms with E-state index in [9.17, 15) is 14.4 Å². The predicted octanol–water partition coefficient (Wildman–Crippen LogP) is 3.42. The minimum atomic E-state index is -0.305. The fourth-order valence-corrected chi connectivity index (χ4v) is 5.26. The van der Waals surface area contributed by atoms with Crippen molar-refractivity contribution in [2.75, 3.05) is 34.4 Å². The number of nitrogens with one attached hydrogen (secondary N) is 2. The average molecular weight is 524 g/mol. The van der Waals surface area contributed by atoms with Crippen LogP contribution >= 0.6 is 0 Å². The number of hydrogen-bond donors (Lipinski definition) is 2. The number of carbonyl (C=O) groups excluding carboxylic acids is 3. The second-order valence-corrected chi connectivity index (χ2v) is 9.90. The standard InChI is InChI=1S/C29H37N3O6/c1-36-22-12-10-19(11-13-22)27(33)30-25-8-4-5-9-26(25)31-28(34)20-7-6-14-32(18-20)29(35)21-15-23(37-2)17-24(16-21)38-3/h10-13,15-17,20,25-26H,4-9,14,18H2,1-3H3,(H,30,33)(H,31,34)/t20?,25-,26-/m1/s1. The Bertz CT molecular complexity index is 1110. The molecule has 9 heteroatoms. The first-order valence-electron chi connectivity index (χ1n) is 13.2. The molecule has 2 N–H and O–H groups in total. The first kappa shape index (κ1) is 27.3. The normalized spacial score (nSPS) is 21.2. The molecule has 2 aromatic rings. The monoisotopic (exact) mass is 523 g/mol. The Morgan fingerprint density at radius 2 is 1.34 bits per heavy atom. The van der Waals surface area contributed by atoms with Gasteiger partial charge in [-0.3, -0.25) is 14.4 Å². The van der Waals surface area contributed by atoms with Crippen LogP contribution in [-0.2, 0) is 4.79 Å². The van der Waals surface area contributed by atoms with Crippen molar-refractivity contribution in [2.45, 2.75) is 50.6 Å². The van der Waals surface area contributed by atoms with Gasteiger partial charge in [-0.1, -0.05) is 12.8 Å². The van der Waals surface area contributed by atoms with E-state index in [0.29, 0.717) is 47.9 Å². The van der Waals surface area contributed by atoms with Crippen LogP contribution in [0.5, 0.6) is 17.2 Å². The summed E-state index contributed by atoms with van der Waals surface area (Å²) < 4.78 is 15.8. The minimum Gasteiger partial charge on any atom is -0.497 e. The molecule has 1 heterocycles. The van der Waals surface area contributed by atoms with E-state index in [0.717, 1.165) is 32.1 Å². The molecule has 38 heavy (non-hydrogen) atoms. The third kappa shape index (κ3) is 6.57. The summed E-state index contributed by atoms with van der Waals surface area (Å²) in [5.74, 6) is 1.08. The van der Waals surface area contributed by atoms with Crippen LogP contribution in [-0.4, -0.2) is 69.1 Å². The van der Waals surface area contributed by atoms with E-state index in [1.807, 2.05) is 0 Å². The van der Waals surface area contributed by atoms with E-state index < -0.39 is 0 Å². The van der Waals surface area contributed by atoms with Crippen LogP contribution in [0.3, 0.4) is 0 Å². The predicted molar refractivity (Wildman–Crippen MR) is 143 cm³/mol. The lowest BCUT2D eigenvalue weighted by atomic mass is 9.88. The zero-order valence-corrected chi connectivity index (χ0v) is 22.3. The number of ether oxygens (including phenoxy) is 3. The van der Waals surface area contributed by atoms with E-state index in [1.54, 1.807) is 68.7 Å². The average Bonchev–Trinajstić information content (AvgIpc) is 2.97. The molecule has 1 unspecified atom stereocenters. The number of rotatable bonds is 8. The number of piperidine rings is 1. The van der Waals surface area contributed by atoms with E-state index in [-0.39, 0.29) is 35.7 Å². The molecule has 1 aliphatic heterocycles. The molecule has 0 radical (unpaired) electrons. The van der Waals surface area contributed by atoms with Gasteiger partial charge in [0.25, 0.3) is 11.8 Å². The van der Waals surface area contributed by atoms with Crippen molar-refractivity contribution >= 4 is 17.7 Å². The lowest BCUT2D eigenvalue weighted by Gasteiger charge is -2.36. The van der Waals surface area contributed by atoms with Gasteiger partial charge in [0, 0.05) is 42.4 Å². The summed E-state index contributed by atoms with van der Waals surface area (Å²) in [4.78, 5) is 41.2. The number of methoxy groups -OCH3 is 3. The van der Waals surface area contributed by atoms with Gasteiger partial charge < -0.3 is 29.7 Å². The molecule has 1 saturated carbocycles. The quantitative estimate of drug-likeness (QED) is 0.549. The molecule has 2 aromatic carbocycles. The Kier molecular flexibility index (Phi) is 9.10. The molecule has 0 spiro atoms. The first-order valence-corrected chi connectivity index (χ1v) is 13.2. The lowest BCUT2D eigenvalue weighted by molar-refractivity contribution is -0.127. The topological polar surface area (TPSA) is 106 Å². The molecule has 4 rings (SSSR count). The second-order valence-electron chi connectivity index (χ2n) is 9.90. The summed E-state index contributed by atoms with van der Waals surface area (Å²) in [5.41, 5.74) is 1.02. The number of hydrogen-bond acceptors (Lipinski definition) is 6. The molecular formula is C29H37N3O6. The summed E-state index contributed by atoms with van der Waals surface area (Å²) in [5, 5.41) is 6.32. The van der Waals surface area contributed by atoms with Crippen molar-refractivity contribution < 1.29 is 28.6 Å². The molecule has 1 aliphatic carbocycles. The molecule has 1 saturated heterocycles. The summed E-state index contributed by atoms with van der Waals surface area (Å²) >= 11 is 0. The molecule has 9 nitrogen and oxygen atoms in total. The van der Waals surface area contributed by atoms with Crippen molar-refractivity contribution in [3.8, 4) is 17.2 Å². The molecule has 3 amide bonds. The Morgan fingerprint density at radius 3 is 1.95 bits per heavy atom. The molecule has 0 bridgehead atoms. The Balaban J connectivity index is 1.38. The Labute approximate surface area is 223 Å². The molecular weight excluding hydrogens is 486 g/mol. The van der Waals surface area contributed by atoms with Gasteiger partial charge in [-0.15, -0.1) is 0 Å². The highest BCUT2D eigenvalue weighted by molar-refractivity contribution is 5.96. The van der Waals surface area contributed by atoms with Crippen molar-refractivity contribution in [3.63, 3.8) is 0 Å². The largest absolute Gasteiger partial charge is 0.497 e. The van der Waals surface area contributed by atoms with Gasteiger partial charge in [0.15, 0.2) is 0 Å². The molecule has 204 valence electrons. The smallest absolute Gasteiger partial charge is 0.254 e. The SMILES string of the molecule is COc1ccc(C(=O)N[C@@H]2CCCC[C@H]2NC(=O)C2CCCN(C(=O)c3cc(OC)cc(OC)c3)C2)cc1. The molecule has 0 aromatic heterocycles. The summed E-state index contributed by atoms with van der Waals surface area (Å²) in [6, 6.07) is 11.8.